The van der Waals surface area contributed by atoms with Gasteiger partial charge in [-0.15, -0.1) is 0 Å². The third-order valence-electron chi connectivity index (χ3n) is 7.10. The number of benzene rings is 2. The van der Waals surface area contributed by atoms with Crippen LogP contribution in [0.4, 0.5) is 0 Å². The molecule has 1 unspecified atom stereocenters. The lowest BCUT2D eigenvalue weighted by Crippen LogP contribution is -2.60. The minimum atomic E-state index is 0.321. The van der Waals surface area contributed by atoms with E-state index in [0.29, 0.717) is 23.4 Å². The predicted octanol–water partition coefficient (Wildman–Crippen LogP) is 5.09. The molecular weight excluding hydrogens is 340 g/mol. The van der Waals surface area contributed by atoms with Crippen molar-refractivity contribution in [1.82, 2.24) is 9.80 Å². The van der Waals surface area contributed by atoms with Crippen LogP contribution in [-0.2, 0) is 11.8 Å². The topological polar surface area (TPSA) is 6.48 Å². The Kier molecular flexibility index (Phi) is 5.62. The van der Waals surface area contributed by atoms with Crippen LogP contribution in [0.2, 0.25) is 0 Å². The van der Waals surface area contributed by atoms with Gasteiger partial charge in [-0.25, -0.2) is 0 Å². The van der Waals surface area contributed by atoms with Gasteiger partial charge in [0, 0.05) is 37.1 Å². The van der Waals surface area contributed by atoms with Crippen molar-refractivity contribution in [1.29, 1.82) is 0 Å². The van der Waals surface area contributed by atoms with Gasteiger partial charge < -0.3 is 4.90 Å². The van der Waals surface area contributed by atoms with Crippen molar-refractivity contribution < 1.29 is 0 Å². The molecule has 2 aromatic rings. The van der Waals surface area contributed by atoms with Gasteiger partial charge in [-0.3, -0.25) is 4.90 Å². The second-order valence-electron chi connectivity index (χ2n) is 9.70. The van der Waals surface area contributed by atoms with Crippen molar-refractivity contribution in [2.45, 2.75) is 64.0 Å². The molecule has 150 valence electrons. The first-order valence-corrected chi connectivity index (χ1v) is 11.1. The maximum Gasteiger partial charge on any atom is 0.0179 e. The third-order valence-corrected chi connectivity index (χ3v) is 7.10. The highest BCUT2D eigenvalue weighted by Gasteiger charge is 2.41. The van der Waals surface area contributed by atoms with Gasteiger partial charge in [0.25, 0.3) is 0 Å². The molecule has 0 bridgehead atoms. The molecule has 4 rings (SSSR count). The lowest BCUT2D eigenvalue weighted by Gasteiger charge is -2.51. The van der Waals surface area contributed by atoms with Gasteiger partial charge in [-0.05, 0) is 62.8 Å². The normalized spacial score (nSPS) is 23.7. The molecule has 2 saturated heterocycles. The fourth-order valence-electron chi connectivity index (χ4n) is 5.16. The monoisotopic (exact) mass is 376 g/mol. The van der Waals surface area contributed by atoms with Crippen LogP contribution in [0, 0.1) is 0 Å². The Bertz CT molecular complexity index is 776. The summed E-state index contributed by atoms with van der Waals surface area (Å²) in [4.78, 5) is 5.26. The summed E-state index contributed by atoms with van der Waals surface area (Å²) in [6, 6.07) is 21.7. The highest BCUT2D eigenvalue weighted by Crippen LogP contribution is 2.36. The molecule has 2 atom stereocenters. The van der Waals surface area contributed by atoms with E-state index in [9.17, 15) is 0 Å². The smallest absolute Gasteiger partial charge is 0.0179 e. The molecule has 0 N–H and O–H groups in total. The minimum Gasteiger partial charge on any atom is -0.300 e. The molecule has 2 aromatic carbocycles. The summed E-state index contributed by atoms with van der Waals surface area (Å²) in [6.45, 7) is 14.2. The van der Waals surface area contributed by atoms with Crippen molar-refractivity contribution in [3.05, 3.63) is 71.3 Å². The summed E-state index contributed by atoms with van der Waals surface area (Å²) in [5.41, 5.74) is 4.85. The summed E-state index contributed by atoms with van der Waals surface area (Å²) in [6.07, 6.45) is 2.46. The molecule has 2 nitrogen and oxygen atoms in total. The Morgan fingerprint density at radius 2 is 1.71 bits per heavy atom. The quantitative estimate of drug-likeness (QED) is 0.693. The molecule has 0 saturated carbocycles. The van der Waals surface area contributed by atoms with E-state index in [4.69, 9.17) is 0 Å². The van der Waals surface area contributed by atoms with Crippen LogP contribution < -0.4 is 0 Å². The Hall–Kier alpha value is -1.64. The highest BCUT2D eigenvalue weighted by atomic mass is 15.2. The Labute approximate surface area is 171 Å². The van der Waals surface area contributed by atoms with E-state index in [2.05, 4.69) is 92.1 Å². The lowest BCUT2D eigenvalue weighted by molar-refractivity contribution is 0.0411. The molecule has 2 heteroatoms. The summed E-state index contributed by atoms with van der Waals surface area (Å²) < 4.78 is 0. The van der Waals surface area contributed by atoms with Crippen LogP contribution in [0.5, 0.6) is 0 Å². The first-order valence-electron chi connectivity index (χ1n) is 11.1. The van der Waals surface area contributed by atoms with Gasteiger partial charge in [-0.2, -0.15) is 0 Å². The van der Waals surface area contributed by atoms with E-state index in [1.807, 2.05) is 0 Å². The Balaban J connectivity index is 1.35. The standard InChI is InChI=1S/C26H36N2/c1-20(2)27-14-13-24(17-27)23-10-8-9-22(16-23)15-21(3)28-18-26(4,19-28)25-11-6-5-7-12-25/h5-12,16,20-21,24H,13-15,17-19H2,1-4H3/t21?,24-/m0/s1. The van der Waals surface area contributed by atoms with Crippen molar-refractivity contribution in [2.75, 3.05) is 26.2 Å². The van der Waals surface area contributed by atoms with Crippen LogP contribution in [0.3, 0.4) is 0 Å². The second kappa shape index (κ2) is 8.00. The van der Waals surface area contributed by atoms with Crippen LogP contribution >= 0.6 is 0 Å². The third kappa shape index (κ3) is 4.04. The zero-order valence-corrected chi connectivity index (χ0v) is 18.1. The molecule has 0 aromatic heterocycles. The lowest BCUT2D eigenvalue weighted by atomic mass is 9.74. The Morgan fingerprint density at radius 3 is 2.39 bits per heavy atom. The van der Waals surface area contributed by atoms with Gasteiger partial charge in [0.15, 0.2) is 0 Å². The molecule has 0 amide bonds. The van der Waals surface area contributed by atoms with Gasteiger partial charge in [0.05, 0.1) is 0 Å². The molecule has 2 fully saturated rings. The highest BCUT2D eigenvalue weighted by molar-refractivity contribution is 5.30. The summed E-state index contributed by atoms with van der Waals surface area (Å²) in [7, 11) is 0. The first-order chi connectivity index (χ1) is 13.4. The number of hydrogen-bond acceptors (Lipinski definition) is 2. The number of rotatable bonds is 6. The van der Waals surface area contributed by atoms with Crippen molar-refractivity contribution in [2.24, 2.45) is 0 Å². The van der Waals surface area contributed by atoms with Gasteiger partial charge in [0.2, 0.25) is 0 Å². The largest absolute Gasteiger partial charge is 0.300 e. The predicted molar refractivity (Wildman–Crippen MR) is 119 cm³/mol. The average molecular weight is 377 g/mol. The van der Waals surface area contributed by atoms with Crippen molar-refractivity contribution >= 4 is 0 Å². The molecule has 2 heterocycles. The zero-order chi connectivity index (χ0) is 19.7. The van der Waals surface area contributed by atoms with E-state index < -0.39 is 0 Å². The fourth-order valence-corrected chi connectivity index (χ4v) is 5.16. The van der Waals surface area contributed by atoms with Crippen LogP contribution in [0.15, 0.2) is 54.6 Å². The zero-order valence-electron chi connectivity index (χ0n) is 18.1. The number of nitrogens with zero attached hydrogens (tertiary/aromatic N) is 2. The van der Waals surface area contributed by atoms with E-state index in [1.54, 1.807) is 5.56 Å². The van der Waals surface area contributed by atoms with Crippen LogP contribution in [-0.4, -0.2) is 48.1 Å². The summed E-state index contributed by atoms with van der Waals surface area (Å²) in [5, 5.41) is 0. The maximum atomic E-state index is 2.65. The van der Waals surface area contributed by atoms with Gasteiger partial charge >= 0.3 is 0 Å². The molecule has 28 heavy (non-hydrogen) atoms. The molecule has 0 radical (unpaired) electrons. The molecule has 2 aliphatic heterocycles. The summed E-state index contributed by atoms with van der Waals surface area (Å²) in [5.74, 6) is 0.711. The maximum absolute atomic E-state index is 2.65. The second-order valence-corrected chi connectivity index (χ2v) is 9.70. The number of hydrogen-bond donors (Lipinski definition) is 0. The van der Waals surface area contributed by atoms with E-state index >= 15 is 0 Å². The van der Waals surface area contributed by atoms with Gasteiger partial charge in [0.1, 0.15) is 0 Å². The molecular formula is C26H36N2. The molecule has 0 spiro atoms. The molecule has 0 aliphatic carbocycles. The Morgan fingerprint density at radius 1 is 0.964 bits per heavy atom. The van der Waals surface area contributed by atoms with Gasteiger partial charge in [-0.1, -0.05) is 61.5 Å². The summed E-state index contributed by atoms with van der Waals surface area (Å²) >= 11 is 0. The molecule has 2 aliphatic rings. The first kappa shape index (κ1) is 19.7. The van der Waals surface area contributed by atoms with E-state index in [-0.39, 0.29) is 0 Å². The SMILES string of the molecule is CC(C)N1CC[C@H](c2cccc(CC(C)N3CC(C)(c4ccccc4)C3)c2)C1. The van der Waals surface area contributed by atoms with Crippen molar-refractivity contribution in [3.8, 4) is 0 Å². The number of likely N-dealkylation sites (tertiary alicyclic amines) is 2. The van der Waals surface area contributed by atoms with Crippen LogP contribution in [0.1, 0.15) is 56.7 Å². The average Bonchev–Trinajstić information content (AvgIpc) is 3.17. The van der Waals surface area contributed by atoms with Crippen LogP contribution in [0.25, 0.3) is 0 Å². The fraction of sp³-hybridized carbons (Fsp3) is 0.538. The van der Waals surface area contributed by atoms with E-state index in [1.165, 1.54) is 43.7 Å². The minimum absolute atomic E-state index is 0.321. The van der Waals surface area contributed by atoms with E-state index in [0.717, 1.165) is 6.42 Å². The van der Waals surface area contributed by atoms with Crippen molar-refractivity contribution in [3.63, 3.8) is 0 Å².